The third-order valence-electron chi connectivity index (χ3n) is 19.1. The fourth-order valence-corrected chi connectivity index (χ4v) is 15.7. The normalized spacial score (nSPS) is 12.1. The van der Waals surface area contributed by atoms with E-state index in [9.17, 15) is 5.26 Å². The van der Waals surface area contributed by atoms with Gasteiger partial charge in [-0.3, -0.25) is 0 Å². The second kappa shape index (κ2) is 25.6. The first kappa shape index (κ1) is 60.1. The molecule has 9 heteroatoms. The van der Waals surface area contributed by atoms with E-state index in [2.05, 4.69) is 279 Å². The van der Waals surface area contributed by atoms with E-state index in [1.807, 2.05) is 72.8 Å². The van der Waals surface area contributed by atoms with E-state index >= 15 is 0 Å². The highest BCUT2D eigenvalue weighted by atomic mass is 32.1. The van der Waals surface area contributed by atoms with Crippen molar-refractivity contribution in [2.24, 2.45) is 0 Å². The van der Waals surface area contributed by atoms with Gasteiger partial charge in [0.2, 0.25) is 0 Å². The van der Waals surface area contributed by atoms with Gasteiger partial charge in [0.15, 0.2) is 17.5 Å². The predicted octanol–water partition coefficient (Wildman–Crippen LogP) is 23.1. The number of thiophene rings is 1. The highest BCUT2D eigenvalue weighted by molar-refractivity contribution is 7.26. The Hall–Kier alpha value is -13.4. The molecular weight excluding hydrogens is 1250 g/mol. The van der Waals surface area contributed by atoms with Crippen molar-refractivity contribution >= 4 is 31.6 Å². The molecule has 472 valence electrons. The fourth-order valence-electron chi connectivity index (χ4n) is 14.5. The van der Waals surface area contributed by atoms with Crippen molar-refractivity contribution in [3.05, 3.63) is 374 Å². The van der Waals surface area contributed by atoms with Crippen LogP contribution in [0.5, 0.6) is 11.5 Å². The van der Waals surface area contributed by atoms with Crippen LogP contribution in [0.15, 0.2) is 346 Å². The van der Waals surface area contributed by atoms with E-state index in [1.54, 1.807) is 11.3 Å². The van der Waals surface area contributed by atoms with E-state index in [1.165, 1.54) is 4.70 Å². The van der Waals surface area contributed by atoms with Gasteiger partial charge in [0.1, 0.15) is 11.5 Å². The molecule has 0 N–H and O–H groups in total. The zero-order valence-electron chi connectivity index (χ0n) is 54.4. The molecule has 0 saturated carbocycles. The number of ether oxygens (including phenoxy) is 1. The van der Waals surface area contributed by atoms with Gasteiger partial charge in [-0.15, -0.1) is 11.3 Å². The monoisotopic (exact) mass is 1310 g/mol. The number of fused-ring (bicyclic) bond motifs is 12. The Morgan fingerprint density at radius 2 is 0.634 bits per heavy atom. The summed E-state index contributed by atoms with van der Waals surface area (Å²) in [6.45, 7) is 0. The molecule has 0 bridgehead atoms. The summed E-state index contributed by atoms with van der Waals surface area (Å²) in [5, 5.41) is 11.3. The van der Waals surface area contributed by atoms with Gasteiger partial charge in [-0.25, -0.2) is 29.9 Å². The van der Waals surface area contributed by atoms with Crippen LogP contribution in [0.1, 0.15) is 27.8 Å². The largest absolute Gasteiger partial charge is 0.457 e. The van der Waals surface area contributed by atoms with Crippen LogP contribution in [0.3, 0.4) is 0 Å². The van der Waals surface area contributed by atoms with E-state index in [4.69, 9.17) is 34.6 Å². The molecule has 4 aromatic heterocycles. The second-order valence-electron chi connectivity index (χ2n) is 25.0. The quantitative estimate of drug-likeness (QED) is 0.133. The van der Waals surface area contributed by atoms with Crippen LogP contribution in [-0.4, -0.2) is 29.9 Å². The van der Waals surface area contributed by atoms with Crippen LogP contribution in [0.4, 0.5) is 0 Å². The van der Waals surface area contributed by atoms with Gasteiger partial charge in [-0.05, 0) is 69.8 Å². The molecular formula is C92H57N7OS. The Morgan fingerprint density at radius 3 is 1.09 bits per heavy atom. The topological polar surface area (TPSA) is 110 Å². The Kier molecular flexibility index (Phi) is 15.2. The van der Waals surface area contributed by atoms with Crippen LogP contribution in [0.25, 0.3) is 144 Å². The molecule has 1 spiro atoms. The zero-order chi connectivity index (χ0) is 67.2. The molecule has 101 heavy (non-hydrogen) atoms. The Bertz CT molecular complexity index is 5860. The first-order valence-corrected chi connectivity index (χ1v) is 34.4. The summed E-state index contributed by atoms with van der Waals surface area (Å²) in [6.07, 6.45) is 0. The minimum atomic E-state index is -0.729. The number of nitrogens with zero attached hydrogens (tertiary/aromatic N) is 7. The molecule has 8 nitrogen and oxygen atoms in total. The summed E-state index contributed by atoms with van der Waals surface area (Å²) in [5.41, 5.74) is 23.9. The summed E-state index contributed by atoms with van der Waals surface area (Å²) in [7, 11) is 0. The van der Waals surface area contributed by atoms with Crippen molar-refractivity contribution in [1.82, 2.24) is 29.9 Å². The van der Waals surface area contributed by atoms with Gasteiger partial charge < -0.3 is 4.74 Å². The van der Waals surface area contributed by atoms with E-state index in [0.717, 1.165) is 156 Å². The molecule has 19 rings (SSSR count). The van der Waals surface area contributed by atoms with Gasteiger partial charge in [0, 0.05) is 76.8 Å². The van der Waals surface area contributed by atoms with Crippen LogP contribution < -0.4 is 4.74 Å². The molecule has 17 aromatic rings. The predicted molar refractivity (Wildman–Crippen MR) is 409 cm³/mol. The summed E-state index contributed by atoms with van der Waals surface area (Å²) in [5.74, 6) is 3.59. The number of hydrogen-bond donors (Lipinski definition) is 0. The van der Waals surface area contributed by atoms with Gasteiger partial charge in [-0.2, -0.15) is 5.26 Å². The minimum absolute atomic E-state index is 0.618. The lowest BCUT2D eigenvalue weighted by atomic mass is 9.66. The zero-order valence-corrected chi connectivity index (χ0v) is 55.2. The summed E-state index contributed by atoms with van der Waals surface area (Å²) >= 11 is 1.74. The van der Waals surface area contributed by atoms with Crippen LogP contribution >= 0.6 is 11.3 Å². The third-order valence-corrected chi connectivity index (χ3v) is 20.3. The molecule has 5 heterocycles. The standard InChI is InChI=1S/C48H29N3O.C44H28N4S/c49-30-31-24-26-36-37-27-25-35(29-41(37)48(40(36)28-31)38-20-10-12-22-42(38)52-43-23-13-11-21-39(43)48)47-50-45(33-16-6-2-7-17-33)44(32-14-4-1-5-15-32)46(51-47)34-18-8-3-9-19-34;1-5-15-29(16-6-1)37-38(30-17-7-2-8-18-30)45-43(46-39(37)31-19-9-3-10-20-31)33-25-27-34(28-26-33)44-47-40(32-21-11-4-12-22-32)42-41(48-44)35-23-13-14-24-36(35)49-42/h1-29H;1-28H. The summed E-state index contributed by atoms with van der Waals surface area (Å²) in [4.78, 5) is 31.7. The first-order chi connectivity index (χ1) is 50.0. The molecule has 1 aliphatic heterocycles. The molecule has 0 radical (unpaired) electrons. The Labute approximate surface area is 588 Å². The number of rotatable bonds is 10. The van der Waals surface area contributed by atoms with Crippen molar-refractivity contribution in [2.75, 3.05) is 0 Å². The number of benzene rings is 13. The summed E-state index contributed by atoms with van der Waals surface area (Å²) in [6, 6.07) is 121. The lowest BCUT2D eigenvalue weighted by molar-refractivity contribution is 0.436. The van der Waals surface area contributed by atoms with E-state index < -0.39 is 5.41 Å². The van der Waals surface area contributed by atoms with Crippen molar-refractivity contribution in [3.63, 3.8) is 0 Å². The minimum Gasteiger partial charge on any atom is -0.457 e. The fraction of sp³-hybridized carbons (Fsp3) is 0.0109. The van der Waals surface area contributed by atoms with Crippen molar-refractivity contribution in [3.8, 4) is 141 Å². The Morgan fingerprint density at radius 1 is 0.287 bits per heavy atom. The van der Waals surface area contributed by atoms with E-state index in [0.29, 0.717) is 23.0 Å². The maximum Gasteiger partial charge on any atom is 0.160 e. The lowest BCUT2D eigenvalue weighted by Gasteiger charge is -2.39. The number of hydrogen-bond acceptors (Lipinski definition) is 9. The molecule has 0 fully saturated rings. The maximum absolute atomic E-state index is 10.1. The second-order valence-corrected chi connectivity index (χ2v) is 26.1. The molecule has 0 unspecified atom stereocenters. The smallest absolute Gasteiger partial charge is 0.160 e. The third kappa shape index (κ3) is 10.6. The molecule has 0 atom stereocenters. The summed E-state index contributed by atoms with van der Waals surface area (Å²) < 4.78 is 8.86. The van der Waals surface area contributed by atoms with Crippen LogP contribution in [0, 0.1) is 11.3 Å². The molecule has 0 amide bonds. The maximum atomic E-state index is 10.1. The van der Waals surface area contributed by atoms with Crippen molar-refractivity contribution in [2.45, 2.75) is 5.41 Å². The van der Waals surface area contributed by atoms with Crippen LogP contribution in [-0.2, 0) is 5.41 Å². The van der Waals surface area contributed by atoms with Gasteiger partial charge in [0.25, 0.3) is 0 Å². The van der Waals surface area contributed by atoms with Gasteiger partial charge in [0.05, 0.1) is 55.7 Å². The van der Waals surface area contributed by atoms with Crippen molar-refractivity contribution in [1.29, 1.82) is 5.26 Å². The van der Waals surface area contributed by atoms with E-state index in [-0.39, 0.29) is 0 Å². The van der Waals surface area contributed by atoms with Gasteiger partial charge >= 0.3 is 0 Å². The molecule has 1 aliphatic carbocycles. The molecule has 0 saturated heterocycles. The number of para-hydroxylation sites is 2. The highest BCUT2D eigenvalue weighted by Crippen LogP contribution is 2.63. The van der Waals surface area contributed by atoms with Crippen molar-refractivity contribution < 1.29 is 4.74 Å². The average Bonchev–Trinajstić information content (AvgIpc) is 1.54. The van der Waals surface area contributed by atoms with Gasteiger partial charge in [-0.1, -0.05) is 309 Å². The lowest BCUT2D eigenvalue weighted by Crippen LogP contribution is -2.32. The average molecular weight is 1310 g/mol. The number of aromatic nitrogens is 6. The highest BCUT2D eigenvalue weighted by Gasteiger charge is 2.51. The first-order valence-electron chi connectivity index (χ1n) is 33.6. The van der Waals surface area contributed by atoms with Crippen LogP contribution in [0.2, 0.25) is 0 Å². The Balaban J connectivity index is 0.000000145. The molecule has 2 aliphatic rings. The number of nitriles is 1. The molecule has 13 aromatic carbocycles. The SMILES string of the molecule is N#Cc1ccc2c(c1)C1(c3ccccc3Oc3ccccc31)c1cc(-c3nc(-c4ccccc4)c(-c4ccccc4)c(-c4ccccc4)n3)ccc1-2.c1ccc(-c2nc(-c3ccc(-c4nc(-c5ccccc5)c5sc6ccccc6c5n4)cc3)nc(-c3ccccc3)c2-c2ccccc2)cc1.